The lowest BCUT2D eigenvalue weighted by Crippen LogP contribution is -2.35. The summed E-state index contributed by atoms with van der Waals surface area (Å²) in [5, 5.41) is 12.1. The third-order valence-electron chi connectivity index (χ3n) is 3.81. The molecule has 0 bridgehead atoms. The van der Waals surface area contributed by atoms with E-state index in [-0.39, 0.29) is 5.91 Å². The van der Waals surface area contributed by atoms with Crippen LogP contribution in [0.2, 0.25) is 0 Å². The van der Waals surface area contributed by atoms with Gasteiger partial charge in [-0.2, -0.15) is 5.26 Å². The van der Waals surface area contributed by atoms with Crippen molar-refractivity contribution in [2.75, 3.05) is 26.7 Å². The zero-order chi connectivity index (χ0) is 14.4. The van der Waals surface area contributed by atoms with Gasteiger partial charge in [-0.25, -0.2) is 0 Å². The van der Waals surface area contributed by atoms with Gasteiger partial charge >= 0.3 is 0 Å². The normalized spacial score (nSPS) is 20.3. The van der Waals surface area contributed by atoms with E-state index in [9.17, 15) is 10.1 Å². The summed E-state index contributed by atoms with van der Waals surface area (Å²) in [6.45, 7) is 2.79. The number of nitrogens with zero attached hydrogens (tertiary/aromatic N) is 2. The van der Waals surface area contributed by atoms with Crippen LogP contribution in [-0.4, -0.2) is 37.5 Å². The van der Waals surface area contributed by atoms with Gasteiger partial charge in [0.25, 0.3) is 0 Å². The molecule has 0 aliphatic carbocycles. The van der Waals surface area contributed by atoms with Crippen molar-refractivity contribution in [1.29, 1.82) is 5.26 Å². The van der Waals surface area contributed by atoms with Crippen LogP contribution >= 0.6 is 0 Å². The van der Waals surface area contributed by atoms with Gasteiger partial charge in [0.2, 0.25) is 5.91 Å². The number of nitriles is 1. The molecule has 0 radical (unpaired) electrons. The summed E-state index contributed by atoms with van der Waals surface area (Å²) in [5.41, 5.74) is 1.02. The quantitative estimate of drug-likeness (QED) is 0.881. The molecule has 106 valence electrons. The molecule has 1 fully saturated rings. The molecule has 4 heteroatoms. The van der Waals surface area contributed by atoms with Crippen LogP contribution in [0.5, 0.6) is 0 Å². The minimum atomic E-state index is -0.600. The first-order valence-corrected chi connectivity index (χ1v) is 7.09. The molecule has 1 aromatic carbocycles. The Morgan fingerprint density at radius 3 is 2.85 bits per heavy atom. The summed E-state index contributed by atoms with van der Waals surface area (Å²) >= 11 is 0. The van der Waals surface area contributed by atoms with Gasteiger partial charge in [-0.1, -0.05) is 30.3 Å². The molecule has 2 atom stereocenters. The molecule has 0 spiro atoms. The van der Waals surface area contributed by atoms with Crippen LogP contribution in [0.15, 0.2) is 30.3 Å². The monoisotopic (exact) mass is 271 g/mol. The molecule has 0 aromatic heterocycles. The number of likely N-dealkylation sites (tertiary alicyclic amines) is 1. The van der Waals surface area contributed by atoms with E-state index in [0.29, 0.717) is 18.9 Å². The minimum absolute atomic E-state index is 0.147. The molecule has 1 aromatic rings. The highest BCUT2D eigenvalue weighted by Crippen LogP contribution is 2.13. The van der Waals surface area contributed by atoms with Crippen molar-refractivity contribution in [2.24, 2.45) is 11.8 Å². The first kappa shape index (κ1) is 14.5. The van der Waals surface area contributed by atoms with Gasteiger partial charge in [0.05, 0.1) is 6.07 Å². The van der Waals surface area contributed by atoms with Crippen molar-refractivity contribution >= 4 is 5.91 Å². The predicted molar refractivity (Wildman–Crippen MR) is 77.9 cm³/mol. The predicted octanol–water partition coefficient (Wildman–Crippen LogP) is 1.44. The second kappa shape index (κ2) is 7.06. The molecule has 1 N–H and O–H groups in total. The number of carbonyl (C=O) groups excluding carboxylic acids is 1. The zero-order valence-corrected chi connectivity index (χ0v) is 11.9. The average Bonchev–Trinajstić information content (AvgIpc) is 2.89. The van der Waals surface area contributed by atoms with Crippen molar-refractivity contribution < 1.29 is 4.79 Å². The van der Waals surface area contributed by atoms with Gasteiger partial charge in [0.15, 0.2) is 0 Å². The fourth-order valence-corrected chi connectivity index (χ4v) is 2.61. The molecule has 20 heavy (non-hydrogen) atoms. The minimum Gasteiger partial charge on any atom is -0.355 e. The number of hydrogen-bond acceptors (Lipinski definition) is 3. The fourth-order valence-electron chi connectivity index (χ4n) is 2.61. The molecule has 2 rings (SSSR count). The highest BCUT2D eigenvalue weighted by atomic mass is 16.1. The van der Waals surface area contributed by atoms with E-state index >= 15 is 0 Å². The zero-order valence-electron chi connectivity index (χ0n) is 11.9. The Labute approximate surface area is 120 Å². The summed E-state index contributed by atoms with van der Waals surface area (Å²) < 4.78 is 0. The molecule has 1 aliphatic rings. The van der Waals surface area contributed by atoms with E-state index in [1.165, 1.54) is 0 Å². The van der Waals surface area contributed by atoms with Crippen molar-refractivity contribution in [3.8, 4) is 6.07 Å². The third-order valence-corrected chi connectivity index (χ3v) is 3.81. The number of nitrogens with one attached hydrogen (secondary N) is 1. The van der Waals surface area contributed by atoms with Crippen molar-refractivity contribution in [3.63, 3.8) is 0 Å². The molecule has 1 amide bonds. The van der Waals surface area contributed by atoms with Crippen LogP contribution in [0.4, 0.5) is 0 Å². The summed E-state index contributed by atoms with van der Waals surface area (Å²) in [7, 11) is 2.09. The molecule has 2 unspecified atom stereocenters. The van der Waals surface area contributed by atoms with Crippen LogP contribution in [0.25, 0.3) is 0 Å². The fraction of sp³-hybridized carbons (Fsp3) is 0.500. The molecule has 1 heterocycles. The smallest absolute Gasteiger partial charge is 0.237 e. The van der Waals surface area contributed by atoms with Crippen LogP contribution in [-0.2, 0) is 11.2 Å². The number of rotatable bonds is 5. The van der Waals surface area contributed by atoms with E-state index in [1.54, 1.807) is 0 Å². The van der Waals surface area contributed by atoms with E-state index in [1.807, 2.05) is 30.3 Å². The molecule has 1 saturated heterocycles. The Hall–Kier alpha value is -1.86. The molecule has 1 aliphatic heterocycles. The van der Waals surface area contributed by atoms with Gasteiger partial charge in [0, 0.05) is 13.1 Å². The number of benzene rings is 1. The maximum absolute atomic E-state index is 12.1. The SMILES string of the molecule is CN1CCC(CNC(=O)C(C#N)Cc2ccccc2)C1. The summed E-state index contributed by atoms with van der Waals surface area (Å²) in [4.78, 5) is 14.3. The summed E-state index contributed by atoms with van der Waals surface area (Å²) in [6, 6.07) is 11.8. The second-order valence-corrected chi connectivity index (χ2v) is 5.53. The highest BCUT2D eigenvalue weighted by Gasteiger charge is 2.22. The Morgan fingerprint density at radius 1 is 1.50 bits per heavy atom. The standard InChI is InChI=1S/C16H21N3O/c1-19-8-7-14(12-19)11-18-16(20)15(10-17)9-13-5-3-2-4-6-13/h2-6,14-15H,7-9,11-12H2,1H3,(H,18,20). The first-order valence-electron chi connectivity index (χ1n) is 7.09. The molecule has 4 nitrogen and oxygen atoms in total. The largest absolute Gasteiger partial charge is 0.355 e. The van der Waals surface area contributed by atoms with Crippen LogP contribution < -0.4 is 5.32 Å². The Kier molecular flexibility index (Phi) is 5.14. The lowest BCUT2D eigenvalue weighted by atomic mass is 9.99. The van der Waals surface area contributed by atoms with Crippen molar-refractivity contribution in [3.05, 3.63) is 35.9 Å². The molecular formula is C16H21N3O. The van der Waals surface area contributed by atoms with Crippen LogP contribution in [0.3, 0.4) is 0 Å². The van der Waals surface area contributed by atoms with Gasteiger partial charge in [-0.3, -0.25) is 4.79 Å². The second-order valence-electron chi connectivity index (χ2n) is 5.53. The van der Waals surface area contributed by atoms with Gasteiger partial charge in [0.1, 0.15) is 5.92 Å². The van der Waals surface area contributed by atoms with Gasteiger partial charge in [-0.15, -0.1) is 0 Å². The number of amides is 1. The van der Waals surface area contributed by atoms with Crippen LogP contribution in [0, 0.1) is 23.2 Å². The van der Waals surface area contributed by atoms with E-state index in [4.69, 9.17) is 0 Å². The van der Waals surface area contributed by atoms with E-state index in [2.05, 4.69) is 23.3 Å². The lowest BCUT2D eigenvalue weighted by Gasteiger charge is -2.14. The van der Waals surface area contributed by atoms with Gasteiger partial charge < -0.3 is 10.2 Å². The Morgan fingerprint density at radius 2 is 2.25 bits per heavy atom. The Bertz CT molecular complexity index is 480. The summed E-state index contributed by atoms with van der Waals surface area (Å²) in [5.74, 6) is -0.234. The Balaban J connectivity index is 1.82. The molecule has 0 saturated carbocycles. The third kappa shape index (κ3) is 4.07. The maximum Gasteiger partial charge on any atom is 0.237 e. The van der Waals surface area contributed by atoms with Gasteiger partial charge in [-0.05, 0) is 37.9 Å². The van der Waals surface area contributed by atoms with E-state index < -0.39 is 5.92 Å². The average molecular weight is 271 g/mol. The lowest BCUT2D eigenvalue weighted by molar-refractivity contribution is -0.123. The summed E-state index contributed by atoms with van der Waals surface area (Å²) in [6.07, 6.45) is 1.60. The highest BCUT2D eigenvalue weighted by molar-refractivity contribution is 5.81. The first-order chi connectivity index (χ1) is 9.69. The number of hydrogen-bond donors (Lipinski definition) is 1. The maximum atomic E-state index is 12.1. The molecular weight excluding hydrogens is 250 g/mol. The van der Waals surface area contributed by atoms with Crippen molar-refractivity contribution in [2.45, 2.75) is 12.8 Å². The van der Waals surface area contributed by atoms with E-state index in [0.717, 1.165) is 25.1 Å². The number of carbonyl (C=O) groups is 1. The van der Waals surface area contributed by atoms with Crippen LogP contribution in [0.1, 0.15) is 12.0 Å². The van der Waals surface area contributed by atoms with Crippen molar-refractivity contribution in [1.82, 2.24) is 10.2 Å². The topological polar surface area (TPSA) is 56.1 Å².